The third-order valence-corrected chi connectivity index (χ3v) is 5.90. The van der Waals surface area contributed by atoms with Gasteiger partial charge in [0.15, 0.2) is 0 Å². The van der Waals surface area contributed by atoms with Crippen LogP contribution in [0.15, 0.2) is 24.3 Å². The van der Waals surface area contributed by atoms with E-state index in [1.165, 1.54) is 4.90 Å². The van der Waals surface area contributed by atoms with Crippen molar-refractivity contribution in [3.63, 3.8) is 0 Å². The van der Waals surface area contributed by atoms with Gasteiger partial charge in [0.2, 0.25) is 17.7 Å². The number of rotatable bonds is 5. The molecular weight excluding hydrogens is 350 g/mol. The van der Waals surface area contributed by atoms with Gasteiger partial charge in [0.05, 0.1) is 17.9 Å². The van der Waals surface area contributed by atoms with Crippen molar-refractivity contribution in [2.45, 2.75) is 31.0 Å². The molecule has 3 aliphatic heterocycles. The Labute approximate surface area is 156 Å². The fraction of sp³-hybridized carbons (Fsp3) is 0.526. The monoisotopic (exact) mass is 373 g/mol. The Morgan fingerprint density at radius 1 is 1.26 bits per heavy atom. The summed E-state index contributed by atoms with van der Waals surface area (Å²) in [5.41, 5.74) is -0.0720. The molecule has 1 aromatic rings. The summed E-state index contributed by atoms with van der Waals surface area (Å²) in [5, 5.41) is 16.3. The molecule has 144 valence electrons. The molecule has 1 spiro atoms. The van der Waals surface area contributed by atoms with E-state index < -0.39 is 29.5 Å². The first-order chi connectivity index (χ1) is 12.9. The maximum Gasteiger partial charge on any atom is 0.250 e. The SMILES string of the molecule is COCCCN1C(=O)[C@@H]2[C@H]([C@@H](C)O)N[C@@]3(C(=O)Nc4ccccc43)[C@@H]2C1=O. The summed E-state index contributed by atoms with van der Waals surface area (Å²) < 4.78 is 5.02. The Kier molecular flexibility index (Phi) is 4.29. The fourth-order valence-electron chi connectivity index (χ4n) is 4.75. The predicted octanol–water partition coefficient (Wildman–Crippen LogP) is -0.176. The van der Waals surface area contributed by atoms with Crippen molar-refractivity contribution in [2.24, 2.45) is 11.8 Å². The Bertz CT molecular complexity index is 810. The van der Waals surface area contributed by atoms with E-state index in [9.17, 15) is 19.5 Å². The summed E-state index contributed by atoms with van der Waals surface area (Å²) in [7, 11) is 1.56. The van der Waals surface area contributed by atoms with Crippen LogP contribution < -0.4 is 10.6 Å². The van der Waals surface area contributed by atoms with Gasteiger partial charge in [0.25, 0.3) is 0 Å². The topological polar surface area (TPSA) is 108 Å². The van der Waals surface area contributed by atoms with Crippen LogP contribution in [0.25, 0.3) is 0 Å². The number of anilines is 1. The molecule has 0 radical (unpaired) electrons. The van der Waals surface area contributed by atoms with Crippen LogP contribution in [0.5, 0.6) is 0 Å². The van der Waals surface area contributed by atoms with E-state index in [1.54, 1.807) is 38.3 Å². The second kappa shape index (κ2) is 6.40. The van der Waals surface area contributed by atoms with Gasteiger partial charge < -0.3 is 15.2 Å². The van der Waals surface area contributed by atoms with Crippen molar-refractivity contribution < 1.29 is 24.2 Å². The van der Waals surface area contributed by atoms with E-state index >= 15 is 0 Å². The number of methoxy groups -OCH3 is 1. The smallest absolute Gasteiger partial charge is 0.250 e. The molecule has 1 aromatic carbocycles. The average molecular weight is 373 g/mol. The number of nitrogens with zero attached hydrogens (tertiary/aromatic N) is 1. The molecule has 27 heavy (non-hydrogen) atoms. The molecule has 3 amide bonds. The van der Waals surface area contributed by atoms with Crippen molar-refractivity contribution in [1.29, 1.82) is 0 Å². The summed E-state index contributed by atoms with van der Waals surface area (Å²) in [6.07, 6.45) is -0.371. The minimum atomic E-state index is -1.34. The fourth-order valence-corrected chi connectivity index (χ4v) is 4.75. The standard InChI is InChI=1S/C19H23N3O5/c1-10(23)15-13-14(17(25)22(16(13)24)8-5-9-27-2)19(21-15)11-6-3-4-7-12(11)20-18(19)26/h3-4,6-7,10,13-15,21,23H,5,8-9H2,1-2H3,(H,20,26)/t10-,13+,14+,15+,19-/m1/s1. The molecule has 2 fully saturated rings. The van der Waals surface area contributed by atoms with Crippen LogP contribution in [0, 0.1) is 11.8 Å². The van der Waals surface area contributed by atoms with Crippen molar-refractivity contribution in [3.05, 3.63) is 29.8 Å². The summed E-state index contributed by atoms with van der Waals surface area (Å²) in [6.45, 7) is 2.24. The van der Waals surface area contributed by atoms with Crippen LogP contribution in [-0.2, 0) is 24.7 Å². The Hall–Kier alpha value is -2.29. The van der Waals surface area contributed by atoms with E-state index in [0.717, 1.165) is 0 Å². The molecule has 4 rings (SSSR count). The number of carbonyl (C=O) groups is 3. The lowest BCUT2D eigenvalue weighted by molar-refractivity contribution is -0.143. The highest BCUT2D eigenvalue weighted by Gasteiger charge is 2.70. The summed E-state index contributed by atoms with van der Waals surface area (Å²) >= 11 is 0. The molecule has 8 heteroatoms. The van der Waals surface area contributed by atoms with Crippen molar-refractivity contribution in [2.75, 3.05) is 25.6 Å². The number of aliphatic hydroxyl groups excluding tert-OH is 1. The van der Waals surface area contributed by atoms with Gasteiger partial charge in [-0.1, -0.05) is 18.2 Å². The van der Waals surface area contributed by atoms with Gasteiger partial charge in [-0.3, -0.25) is 24.6 Å². The minimum Gasteiger partial charge on any atom is -0.392 e. The molecule has 8 nitrogen and oxygen atoms in total. The minimum absolute atomic E-state index is 0.240. The van der Waals surface area contributed by atoms with Gasteiger partial charge in [-0.25, -0.2) is 0 Å². The molecule has 0 unspecified atom stereocenters. The van der Waals surface area contributed by atoms with Gasteiger partial charge in [-0.15, -0.1) is 0 Å². The number of likely N-dealkylation sites (tertiary alicyclic amines) is 1. The summed E-state index contributed by atoms with van der Waals surface area (Å²) in [6, 6.07) is 6.47. The van der Waals surface area contributed by atoms with E-state index in [1.807, 2.05) is 0 Å². The molecule has 5 atom stereocenters. The Morgan fingerprint density at radius 3 is 2.70 bits per heavy atom. The number of ether oxygens (including phenoxy) is 1. The quantitative estimate of drug-likeness (QED) is 0.488. The summed E-state index contributed by atoms with van der Waals surface area (Å²) in [4.78, 5) is 40.5. The van der Waals surface area contributed by atoms with E-state index in [0.29, 0.717) is 24.3 Å². The van der Waals surface area contributed by atoms with Gasteiger partial charge in [-0.2, -0.15) is 0 Å². The van der Waals surface area contributed by atoms with Crippen LogP contribution in [0.2, 0.25) is 0 Å². The number of carbonyl (C=O) groups excluding carboxylic acids is 3. The maximum atomic E-state index is 13.2. The number of fused-ring (bicyclic) bond motifs is 4. The number of para-hydroxylation sites is 1. The second-order valence-electron chi connectivity index (χ2n) is 7.40. The molecule has 0 saturated carbocycles. The average Bonchev–Trinajstić information content (AvgIpc) is 3.22. The normalized spacial score (nSPS) is 32.8. The largest absolute Gasteiger partial charge is 0.392 e. The zero-order chi connectivity index (χ0) is 19.3. The van der Waals surface area contributed by atoms with E-state index in [2.05, 4.69) is 10.6 Å². The van der Waals surface area contributed by atoms with Gasteiger partial charge in [-0.05, 0) is 19.4 Å². The highest BCUT2D eigenvalue weighted by molar-refractivity contribution is 6.15. The zero-order valence-corrected chi connectivity index (χ0v) is 15.3. The van der Waals surface area contributed by atoms with E-state index in [4.69, 9.17) is 4.74 Å². The lowest BCUT2D eigenvalue weighted by Gasteiger charge is -2.30. The van der Waals surface area contributed by atoms with Crippen LogP contribution in [-0.4, -0.2) is 60.1 Å². The zero-order valence-electron chi connectivity index (χ0n) is 15.3. The number of hydrogen-bond acceptors (Lipinski definition) is 6. The van der Waals surface area contributed by atoms with Crippen molar-refractivity contribution in [1.82, 2.24) is 10.2 Å². The van der Waals surface area contributed by atoms with Crippen LogP contribution in [0.4, 0.5) is 5.69 Å². The molecule has 3 heterocycles. The number of aliphatic hydroxyl groups is 1. The molecule has 3 N–H and O–H groups in total. The molecule has 3 aliphatic rings. The highest BCUT2D eigenvalue weighted by atomic mass is 16.5. The number of imide groups is 1. The first-order valence-electron chi connectivity index (χ1n) is 9.14. The molecular formula is C19H23N3O5. The first kappa shape index (κ1) is 18.1. The molecule has 0 aromatic heterocycles. The maximum absolute atomic E-state index is 13.2. The van der Waals surface area contributed by atoms with Crippen LogP contribution in [0.3, 0.4) is 0 Å². The summed E-state index contributed by atoms with van der Waals surface area (Å²) in [5.74, 6) is -2.73. The lowest BCUT2D eigenvalue weighted by Crippen LogP contribution is -2.54. The highest BCUT2D eigenvalue weighted by Crippen LogP contribution is 2.53. The second-order valence-corrected chi connectivity index (χ2v) is 7.40. The number of nitrogens with one attached hydrogen (secondary N) is 2. The van der Waals surface area contributed by atoms with E-state index in [-0.39, 0.29) is 24.3 Å². The third-order valence-electron chi connectivity index (χ3n) is 5.90. The molecule has 2 saturated heterocycles. The van der Waals surface area contributed by atoms with Gasteiger partial charge in [0.1, 0.15) is 5.54 Å². The number of benzene rings is 1. The molecule has 0 bridgehead atoms. The van der Waals surface area contributed by atoms with Crippen LogP contribution in [0.1, 0.15) is 18.9 Å². The first-order valence-corrected chi connectivity index (χ1v) is 9.14. The van der Waals surface area contributed by atoms with Gasteiger partial charge >= 0.3 is 0 Å². The van der Waals surface area contributed by atoms with Crippen LogP contribution >= 0.6 is 0 Å². The van der Waals surface area contributed by atoms with Gasteiger partial charge in [0, 0.05) is 37.6 Å². The van der Waals surface area contributed by atoms with Crippen molar-refractivity contribution >= 4 is 23.4 Å². The number of hydrogen-bond donors (Lipinski definition) is 3. The predicted molar refractivity (Wildman–Crippen MR) is 95.5 cm³/mol. The Balaban J connectivity index is 1.79. The third kappa shape index (κ3) is 2.37. The Morgan fingerprint density at radius 2 is 2.00 bits per heavy atom. The van der Waals surface area contributed by atoms with Crippen molar-refractivity contribution in [3.8, 4) is 0 Å². The number of amides is 3. The molecule has 0 aliphatic carbocycles. The lowest BCUT2D eigenvalue weighted by atomic mass is 9.76.